The molecule has 0 rings (SSSR count). The molecule has 0 aliphatic carbocycles. The van der Waals surface area contributed by atoms with Crippen molar-refractivity contribution >= 4 is 5.87 Å². The number of hydrogen-bond acceptors (Lipinski definition) is 3. The summed E-state index contributed by atoms with van der Waals surface area (Å²) in [6.45, 7) is 1.84. The molecule has 0 heterocycles. The van der Waals surface area contributed by atoms with Crippen LogP contribution in [0.4, 0.5) is 0 Å². The third kappa shape index (κ3) is 4.65. The van der Waals surface area contributed by atoms with Crippen LogP contribution < -0.4 is 11.1 Å². The van der Waals surface area contributed by atoms with Crippen molar-refractivity contribution in [3.05, 3.63) is 18.1 Å². The molecule has 0 unspecified atom stereocenters. The number of hydrogen-bond donors (Lipinski definition) is 2. The van der Waals surface area contributed by atoms with E-state index in [1.54, 1.807) is 13.1 Å². The number of nitrogens with two attached hydrogens (primary N) is 1. The maximum absolute atomic E-state index is 5.32. The van der Waals surface area contributed by atoms with Gasteiger partial charge in [0.1, 0.15) is 5.82 Å². The molecule has 0 atom stereocenters. The minimum Gasteiger partial charge on any atom is -0.384 e. The Balaban J connectivity index is 3.83. The minimum absolute atomic E-state index is 0.532. The van der Waals surface area contributed by atoms with E-state index in [0.29, 0.717) is 5.82 Å². The van der Waals surface area contributed by atoms with Crippen LogP contribution >= 0.6 is 0 Å². The molecule has 0 saturated heterocycles. The lowest BCUT2D eigenvalue weighted by molar-refractivity contribution is 0.957. The highest BCUT2D eigenvalue weighted by Crippen LogP contribution is 1.73. The lowest BCUT2D eigenvalue weighted by Gasteiger charge is -1.91. The van der Waals surface area contributed by atoms with Crippen molar-refractivity contribution < 1.29 is 0 Å². The third-order valence-electron chi connectivity index (χ3n) is 0.696. The molecule has 0 spiro atoms. The number of rotatable bonds is 2. The molecule has 3 nitrogen and oxygen atoms in total. The van der Waals surface area contributed by atoms with Crippen LogP contribution in [-0.4, -0.2) is 12.9 Å². The molecule has 0 aromatic rings. The lowest BCUT2D eigenvalue weighted by atomic mass is 10.7. The Morgan fingerprint density at radius 2 is 2.44 bits per heavy atom. The van der Waals surface area contributed by atoms with Crippen LogP contribution in [0.15, 0.2) is 23.1 Å². The molecule has 0 radical (unpaired) electrons. The first-order valence-electron chi connectivity index (χ1n) is 2.68. The first-order valence-corrected chi connectivity index (χ1v) is 2.68. The van der Waals surface area contributed by atoms with Crippen molar-refractivity contribution in [1.29, 1.82) is 0 Å². The first-order chi connectivity index (χ1) is 4.31. The molecule has 3 heteroatoms. The Morgan fingerprint density at radius 3 is 2.89 bits per heavy atom. The van der Waals surface area contributed by atoms with Gasteiger partial charge in [0.25, 0.3) is 0 Å². The van der Waals surface area contributed by atoms with Gasteiger partial charge in [-0.25, -0.2) is 4.99 Å². The molecule has 0 aliphatic heterocycles. The zero-order valence-corrected chi connectivity index (χ0v) is 5.68. The van der Waals surface area contributed by atoms with Gasteiger partial charge in [0.2, 0.25) is 0 Å². The van der Waals surface area contributed by atoms with E-state index in [0.717, 1.165) is 0 Å². The second-order valence-electron chi connectivity index (χ2n) is 1.38. The predicted octanol–water partition coefficient (Wildman–Crippen LogP) is 0.209. The highest BCUT2D eigenvalue weighted by molar-refractivity contribution is 5.51. The van der Waals surface area contributed by atoms with E-state index in [4.69, 9.17) is 5.73 Å². The van der Waals surface area contributed by atoms with Gasteiger partial charge in [-0.2, -0.15) is 0 Å². The highest BCUT2D eigenvalue weighted by Gasteiger charge is 1.74. The average Bonchev–Trinajstić information content (AvgIpc) is 1.89. The van der Waals surface area contributed by atoms with Crippen LogP contribution in [-0.2, 0) is 0 Å². The maximum atomic E-state index is 5.32. The van der Waals surface area contributed by atoms with E-state index in [9.17, 15) is 0 Å². The van der Waals surface area contributed by atoms with Gasteiger partial charge >= 0.3 is 0 Å². The van der Waals surface area contributed by atoms with Gasteiger partial charge < -0.3 is 11.1 Å². The summed E-state index contributed by atoms with van der Waals surface area (Å²) in [5.74, 6) is 3.15. The largest absolute Gasteiger partial charge is 0.384 e. The molecule has 0 amide bonds. The summed E-state index contributed by atoms with van der Waals surface area (Å²) in [4.78, 5) is 3.71. The third-order valence-corrected chi connectivity index (χ3v) is 0.696. The topological polar surface area (TPSA) is 50.4 Å². The Bertz CT molecular complexity index is 152. The summed E-state index contributed by atoms with van der Waals surface area (Å²) in [5, 5.41) is 2.72. The second kappa shape index (κ2) is 4.94. The van der Waals surface area contributed by atoms with Crippen LogP contribution in [0.3, 0.4) is 0 Å². The summed E-state index contributed by atoms with van der Waals surface area (Å²) < 4.78 is 0. The molecule has 3 N–H and O–H groups in total. The molecule has 0 fully saturated rings. The second-order valence-corrected chi connectivity index (χ2v) is 1.38. The molecular weight excluding hydrogens is 114 g/mol. The Labute approximate surface area is 55.0 Å². The monoisotopic (exact) mass is 125 g/mol. The number of nitrogens with zero attached hydrogens (tertiary/aromatic N) is 1. The molecule has 0 aromatic carbocycles. The standard InChI is InChI=1S/C6H11N3/c1-3-4-9-5-6(7)8-2/h3,5,8H,7H2,1-2H3/b6-5+. The van der Waals surface area contributed by atoms with Crippen molar-refractivity contribution in [2.45, 2.75) is 6.92 Å². The van der Waals surface area contributed by atoms with E-state index in [1.165, 1.54) is 6.20 Å². The molecule has 0 bridgehead atoms. The fourth-order valence-electron chi connectivity index (χ4n) is 0.246. The first kappa shape index (κ1) is 7.79. The summed E-state index contributed by atoms with van der Waals surface area (Å²) in [5.41, 5.74) is 5.32. The highest BCUT2D eigenvalue weighted by atomic mass is 15.0. The molecular formula is C6H11N3. The van der Waals surface area contributed by atoms with Crippen molar-refractivity contribution in [2.75, 3.05) is 7.05 Å². The predicted molar refractivity (Wildman–Crippen MR) is 39.0 cm³/mol. The zero-order valence-electron chi connectivity index (χ0n) is 5.68. The Morgan fingerprint density at radius 1 is 1.78 bits per heavy atom. The van der Waals surface area contributed by atoms with Gasteiger partial charge in [-0.3, -0.25) is 0 Å². The van der Waals surface area contributed by atoms with E-state index in [1.807, 2.05) is 6.92 Å². The molecule has 0 aromatic heterocycles. The fourth-order valence-corrected chi connectivity index (χ4v) is 0.246. The molecule has 0 aliphatic rings. The van der Waals surface area contributed by atoms with Gasteiger partial charge in [0.15, 0.2) is 0 Å². The van der Waals surface area contributed by atoms with E-state index in [-0.39, 0.29) is 0 Å². The van der Waals surface area contributed by atoms with Crippen molar-refractivity contribution in [3.8, 4) is 0 Å². The lowest BCUT2D eigenvalue weighted by Crippen LogP contribution is -2.13. The van der Waals surface area contributed by atoms with Gasteiger partial charge in [-0.1, -0.05) is 0 Å². The van der Waals surface area contributed by atoms with Crippen LogP contribution in [0.25, 0.3) is 0 Å². The van der Waals surface area contributed by atoms with Crippen LogP contribution in [0, 0.1) is 0 Å². The minimum atomic E-state index is 0.532. The Hall–Kier alpha value is -1.21. The van der Waals surface area contributed by atoms with Crippen LogP contribution in [0.2, 0.25) is 0 Å². The van der Waals surface area contributed by atoms with Crippen molar-refractivity contribution in [2.24, 2.45) is 10.7 Å². The van der Waals surface area contributed by atoms with Gasteiger partial charge in [-0.05, 0) is 18.9 Å². The van der Waals surface area contributed by atoms with Crippen LogP contribution in [0.5, 0.6) is 0 Å². The number of allylic oxidation sites excluding steroid dienone is 1. The van der Waals surface area contributed by atoms with Crippen molar-refractivity contribution in [3.63, 3.8) is 0 Å². The maximum Gasteiger partial charge on any atom is 0.115 e. The summed E-state index contributed by atoms with van der Waals surface area (Å²) in [6, 6.07) is 0. The van der Waals surface area contributed by atoms with Crippen molar-refractivity contribution in [1.82, 2.24) is 5.32 Å². The summed E-state index contributed by atoms with van der Waals surface area (Å²) in [6.07, 6.45) is 3.21. The van der Waals surface area contributed by atoms with Crippen LogP contribution in [0.1, 0.15) is 6.92 Å². The fraction of sp³-hybridized carbons (Fsp3) is 0.333. The van der Waals surface area contributed by atoms with Gasteiger partial charge in [0.05, 0.1) is 6.20 Å². The van der Waals surface area contributed by atoms with E-state index >= 15 is 0 Å². The molecule has 9 heavy (non-hydrogen) atoms. The summed E-state index contributed by atoms with van der Waals surface area (Å²) in [7, 11) is 1.73. The normalized spacial score (nSPS) is 9.78. The quantitative estimate of drug-likeness (QED) is 0.518. The molecule has 0 saturated carbocycles. The number of aliphatic imine (C=N–C) groups is 1. The van der Waals surface area contributed by atoms with E-state index in [2.05, 4.69) is 16.2 Å². The smallest absolute Gasteiger partial charge is 0.115 e. The van der Waals surface area contributed by atoms with Gasteiger partial charge in [0, 0.05) is 7.05 Å². The molecule has 50 valence electrons. The van der Waals surface area contributed by atoms with E-state index < -0.39 is 0 Å². The number of nitrogens with one attached hydrogen (secondary N) is 1. The average molecular weight is 125 g/mol. The zero-order chi connectivity index (χ0) is 7.11. The van der Waals surface area contributed by atoms with Gasteiger partial charge in [-0.15, -0.1) is 0 Å². The summed E-state index contributed by atoms with van der Waals surface area (Å²) >= 11 is 0. The Kier molecular flexibility index (Phi) is 4.27. The SMILES string of the molecule is CC=C=N/C=C(\N)NC.